The van der Waals surface area contributed by atoms with Crippen molar-refractivity contribution in [2.45, 2.75) is 96.6 Å². The molecule has 114 valence electrons. The molecule has 2 nitrogen and oxygen atoms in total. The van der Waals surface area contributed by atoms with E-state index in [9.17, 15) is 0 Å². The van der Waals surface area contributed by atoms with Crippen molar-refractivity contribution in [2.24, 2.45) is 10.9 Å². The van der Waals surface area contributed by atoms with E-state index in [-0.39, 0.29) is 0 Å². The highest BCUT2D eigenvalue weighted by Crippen LogP contribution is 2.34. The highest BCUT2D eigenvalue weighted by atomic mass is 15.3. The van der Waals surface area contributed by atoms with Crippen LogP contribution in [0.15, 0.2) is 4.99 Å². The van der Waals surface area contributed by atoms with Crippen LogP contribution >= 0.6 is 0 Å². The molecule has 2 rings (SSSR count). The fraction of sp³-hybridized carbons (Fsp3) is 0.941. The summed E-state index contributed by atoms with van der Waals surface area (Å²) in [7, 11) is 2.43. The van der Waals surface area contributed by atoms with Gasteiger partial charge in [-0.3, -0.25) is 4.99 Å². The second-order valence-electron chi connectivity index (χ2n) is 7.61. The van der Waals surface area contributed by atoms with E-state index in [0.717, 1.165) is 5.82 Å². The highest BCUT2D eigenvalue weighted by molar-refractivity contribution is 6.11. The molecule has 20 heavy (non-hydrogen) atoms. The molecule has 1 heterocycles. The second-order valence-corrected chi connectivity index (χ2v) is 7.61. The van der Waals surface area contributed by atoms with E-state index in [4.69, 9.17) is 4.99 Å². The third-order valence-corrected chi connectivity index (χ3v) is 5.03. The summed E-state index contributed by atoms with van der Waals surface area (Å²) < 4.78 is 0. The molecular formula is C17H33BN2. The first-order chi connectivity index (χ1) is 9.50. The lowest BCUT2D eigenvalue weighted by atomic mass is 9.76. The van der Waals surface area contributed by atoms with Gasteiger partial charge in [0.05, 0.1) is 12.1 Å². The van der Waals surface area contributed by atoms with Crippen LogP contribution in [0.3, 0.4) is 0 Å². The lowest BCUT2D eigenvalue weighted by molar-refractivity contribution is 0.225. The summed E-state index contributed by atoms with van der Waals surface area (Å²) in [5, 5.41) is 0. The molecule has 0 aromatic carbocycles. The number of hydrogen-bond acceptors (Lipinski definition) is 2. The van der Waals surface area contributed by atoms with Gasteiger partial charge in [-0.15, -0.1) is 0 Å². The van der Waals surface area contributed by atoms with E-state index < -0.39 is 0 Å². The molecule has 0 saturated heterocycles. The van der Waals surface area contributed by atoms with Gasteiger partial charge in [0.15, 0.2) is 0 Å². The van der Waals surface area contributed by atoms with Gasteiger partial charge in [-0.2, -0.15) is 0 Å². The van der Waals surface area contributed by atoms with Crippen molar-refractivity contribution in [1.82, 2.24) is 4.90 Å². The molecule has 3 unspecified atom stereocenters. The zero-order chi connectivity index (χ0) is 14.7. The molecule has 0 N–H and O–H groups in total. The van der Waals surface area contributed by atoms with E-state index >= 15 is 0 Å². The fourth-order valence-electron chi connectivity index (χ4n) is 4.04. The Balaban J connectivity index is 2.19. The zero-order valence-electron chi connectivity index (χ0n) is 14.2. The number of aliphatic imine (C=N–C) groups is 1. The molecule has 0 radical (unpaired) electrons. The minimum atomic E-state index is 0.558. The molecule has 1 aliphatic carbocycles. The fourth-order valence-corrected chi connectivity index (χ4v) is 4.04. The van der Waals surface area contributed by atoms with Crippen LogP contribution < -0.4 is 0 Å². The highest BCUT2D eigenvalue weighted by Gasteiger charge is 2.38. The first-order valence-corrected chi connectivity index (χ1v) is 8.86. The van der Waals surface area contributed by atoms with Gasteiger partial charge in [0.2, 0.25) is 0 Å². The quantitative estimate of drug-likeness (QED) is 0.703. The molecule has 0 aromatic heterocycles. The van der Waals surface area contributed by atoms with Crippen LogP contribution in [0.1, 0.15) is 72.6 Å². The van der Waals surface area contributed by atoms with Crippen molar-refractivity contribution >= 4 is 13.7 Å². The summed E-state index contributed by atoms with van der Waals surface area (Å²) >= 11 is 0. The number of nitrogens with zero attached hydrogens (tertiary/aromatic N) is 2. The van der Waals surface area contributed by atoms with Crippen LogP contribution in [0.2, 0.25) is 5.82 Å². The Morgan fingerprint density at radius 1 is 1.05 bits per heavy atom. The SMILES string of the molecule is BC1CCCCCCC2C(C1)N=C(C(C)C)N2C(C)C. The second kappa shape index (κ2) is 7.00. The molecule has 0 amide bonds. The van der Waals surface area contributed by atoms with Crippen LogP contribution in [0.4, 0.5) is 0 Å². The van der Waals surface area contributed by atoms with Crippen molar-refractivity contribution in [2.75, 3.05) is 0 Å². The Morgan fingerprint density at radius 3 is 2.30 bits per heavy atom. The van der Waals surface area contributed by atoms with Crippen LogP contribution in [-0.2, 0) is 0 Å². The Hall–Kier alpha value is -0.465. The molecule has 1 saturated carbocycles. The summed E-state index contributed by atoms with van der Waals surface area (Å²) in [6.07, 6.45) is 9.70. The van der Waals surface area contributed by atoms with Crippen LogP contribution in [0.5, 0.6) is 0 Å². The Bertz CT molecular complexity index is 338. The monoisotopic (exact) mass is 276 g/mol. The Labute approximate surface area is 126 Å². The Kier molecular flexibility index (Phi) is 5.57. The largest absolute Gasteiger partial charge is 0.353 e. The molecule has 0 spiro atoms. The third-order valence-electron chi connectivity index (χ3n) is 5.03. The molecular weight excluding hydrogens is 243 g/mol. The van der Waals surface area contributed by atoms with Gasteiger partial charge in [0, 0.05) is 12.0 Å². The smallest absolute Gasteiger partial charge is 0.105 e. The standard InChI is InChI=1S/C17H33BN2/c1-12(2)17-19-15-11-14(18)9-7-5-6-8-10-16(15)20(17)13(3)4/h12-16H,5-11,18H2,1-4H3. The molecule has 3 atom stereocenters. The van der Waals surface area contributed by atoms with Gasteiger partial charge in [-0.1, -0.05) is 51.8 Å². The van der Waals surface area contributed by atoms with Gasteiger partial charge >= 0.3 is 0 Å². The van der Waals surface area contributed by atoms with E-state index in [2.05, 4.69) is 40.4 Å². The predicted octanol–water partition coefficient (Wildman–Crippen LogP) is 3.67. The average molecular weight is 276 g/mol. The summed E-state index contributed by atoms with van der Waals surface area (Å²) in [5.41, 5.74) is 0. The number of hydrogen-bond donors (Lipinski definition) is 0. The van der Waals surface area contributed by atoms with Crippen molar-refractivity contribution < 1.29 is 0 Å². The van der Waals surface area contributed by atoms with E-state index in [1.807, 2.05) is 0 Å². The predicted molar refractivity (Wildman–Crippen MR) is 91.4 cm³/mol. The maximum Gasteiger partial charge on any atom is 0.105 e. The van der Waals surface area contributed by atoms with Gasteiger partial charge in [0.1, 0.15) is 13.7 Å². The molecule has 3 heteroatoms. The third kappa shape index (κ3) is 3.59. The summed E-state index contributed by atoms with van der Waals surface area (Å²) in [6.45, 7) is 9.27. The first-order valence-electron chi connectivity index (χ1n) is 8.86. The van der Waals surface area contributed by atoms with Crippen molar-refractivity contribution in [3.8, 4) is 0 Å². The van der Waals surface area contributed by atoms with Crippen LogP contribution in [0.25, 0.3) is 0 Å². The number of amidine groups is 1. The Morgan fingerprint density at radius 2 is 1.70 bits per heavy atom. The zero-order valence-corrected chi connectivity index (χ0v) is 14.2. The maximum absolute atomic E-state index is 5.18. The van der Waals surface area contributed by atoms with Gasteiger partial charge < -0.3 is 4.90 Å². The van der Waals surface area contributed by atoms with Gasteiger partial charge in [-0.05, 0) is 26.7 Å². The molecule has 1 aliphatic heterocycles. The number of rotatable bonds is 2. The van der Waals surface area contributed by atoms with Crippen LogP contribution in [-0.4, -0.2) is 36.7 Å². The summed E-state index contributed by atoms with van der Waals surface area (Å²) in [4.78, 5) is 7.84. The normalized spacial score (nSPS) is 32.4. The topological polar surface area (TPSA) is 15.6 Å². The molecule has 0 bridgehead atoms. The molecule has 2 aliphatic rings. The minimum Gasteiger partial charge on any atom is -0.353 e. The van der Waals surface area contributed by atoms with E-state index in [0.29, 0.717) is 24.0 Å². The lowest BCUT2D eigenvalue weighted by Gasteiger charge is -2.36. The number of fused-ring (bicyclic) bond motifs is 1. The van der Waals surface area contributed by atoms with E-state index in [1.54, 1.807) is 0 Å². The summed E-state index contributed by atoms with van der Waals surface area (Å²) in [6, 6.07) is 1.82. The van der Waals surface area contributed by atoms with Gasteiger partial charge in [0.25, 0.3) is 0 Å². The van der Waals surface area contributed by atoms with E-state index in [1.165, 1.54) is 50.8 Å². The van der Waals surface area contributed by atoms with Crippen LogP contribution in [0, 0.1) is 5.92 Å². The van der Waals surface area contributed by atoms with Crippen molar-refractivity contribution in [3.63, 3.8) is 0 Å². The minimum absolute atomic E-state index is 0.558. The van der Waals surface area contributed by atoms with Crippen molar-refractivity contribution in [1.29, 1.82) is 0 Å². The first kappa shape index (κ1) is 15.9. The average Bonchev–Trinajstić information content (AvgIpc) is 2.73. The lowest BCUT2D eigenvalue weighted by Crippen LogP contribution is -2.45. The van der Waals surface area contributed by atoms with Gasteiger partial charge in [-0.25, -0.2) is 0 Å². The summed E-state index contributed by atoms with van der Waals surface area (Å²) in [5.74, 6) is 2.77. The van der Waals surface area contributed by atoms with Crippen molar-refractivity contribution in [3.05, 3.63) is 0 Å². The maximum atomic E-state index is 5.18. The molecule has 1 fully saturated rings. The molecule has 0 aromatic rings.